The Kier molecular flexibility index (Phi) is 6.17. The van der Waals surface area contributed by atoms with Crippen LogP contribution in [0, 0.1) is 0 Å². The van der Waals surface area contributed by atoms with Gasteiger partial charge in [-0.25, -0.2) is 4.68 Å². The fourth-order valence-electron chi connectivity index (χ4n) is 3.63. The molecule has 29 heavy (non-hydrogen) atoms. The van der Waals surface area contributed by atoms with Crippen molar-refractivity contribution in [3.05, 3.63) is 58.5 Å². The summed E-state index contributed by atoms with van der Waals surface area (Å²) in [5, 5.41) is 8.44. The monoisotopic (exact) mass is 395 g/mol. The molecule has 3 aromatic rings. The van der Waals surface area contributed by atoms with E-state index in [1.54, 1.807) is 25.4 Å². The number of benzene rings is 1. The third-order valence-corrected chi connectivity index (χ3v) is 4.79. The van der Waals surface area contributed by atoms with Crippen molar-refractivity contribution >= 4 is 16.7 Å². The molecule has 1 N–H and O–H groups in total. The van der Waals surface area contributed by atoms with E-state index in [-0.39, 0.29) is 23.7 Å². The van der Waals surface area contributed by atoms with E-state index in [2.05, 4.69) is 39.4 Å². The molecule has 0 saturated carbocycles. The first kappa shape index (κ1) is 20.8. The number of fused-ring (bicyclic) bond motifs is 1. The standard InChI is InChI=1S/C22H29N5O2/c1-14(2)29-17-11-9-16(10-12-17)20(26(4)5)15(3)24-21-19-18(8-7-13-23-19)22(28)27(6)25-21/h7-15,20H,1-6H3,(H,24,25)/t15-,20+/m0/s1. The minimum atomic E-state index is -0.156. The second-order valence-electron chi connectivity index (χ2n) is 7.75. The largest absolute Gasteiger partial charge is 0.491 e. The van der Waals surface area contributed by atoms with Gasteiger partial charge in [-0.15, -0.1) is 0 Å². The van der Waals surface area contributed by atoms with Gasteiger partial charge < -0.3 is 15.0 Å². The molecule has 154 valence electrons. The Hall–Kier alpha value is -2.93. The van der Waals surface area contributed by atoms with Gasteiger partial charge in [-0.2, -0.15) is 5.10 Å². The zero-order valence-corrected chi connectivity index (χ0v) is 17.9. The number of anilines is 1. The van der Waals surface area contributed by atoms with E-state index >= 15 is 0 Å². The summed E-state index contributed by atoms with van der Waals surface area (Å²) < 4.78 is 7.11. The zero-order valence-electron chi connectivity index (χ0n) is 17.9. The van der Waals surface area contributed by atoms with Crippen molar-refractivity contribution in [3.63, 3.8) is 0 Å². The van der Waals surface area contributed by atoms with Gasteiger partial charge in [0.1, 0.15) is 11.3 Å². The number of aromatic nitrogens is 3. The Balaban J connectivity index is 1.91. The van der Waals surface area contributed by atoms with Gasteiger partial charge in [-0.3, -0.25) is 9.78 Å². The third-order valence-electron chi connectivity index (χ3n) is 4.79. The Labute approximate surface area is 171 Å². The van der Waals surface area contributed by atoms with Crippen LogP contribution in [0.5, 0.6) is 5.75 Å². The highest BCUT2D eigenvalue weighted by molar-refractivity contribution is 5.87. The van der Waals surface area contributed by atoms with E-state index in [0.29, 0.717) is 16.7 Å². The van der Waals surface area contributed by atoms with Crippen LogP contribution in [0.1, 0.15) is 32.4 Å². The highest BCUT2D eigenvalue weighted by Gasteiger charge is 2.23. The van der Waals surface area contributed by atoms with Crippen LogP contribution in [0.15, 0.2) is 47.4 Å². The van der Waals surface area contributed by atoms with Crippen LogP contribution in [-0.4, -0.2) is 45.9 Å². The van der Waals surface area contributed by atoms with E-state index < -0.39 is 0 Å². The number of rotatable bonds is 7. The van der Waals surface area contributed by atoms with E-state index in [9.17, 15) is 4.79 Å². The lowest BCUT2D eigenvalue weighted by Crippen LogP contribution is -2.35. The first-order valence-corrected chi connectivity index (χ1v) is 9.79. The smallest absolute Gasteiger partial charge is 0.276 e. The van der Waals surface area contributed by atoms with Crippen LogP contribution in [0.2, 0.25) is 0 Å². The fourth-order valence-corrected chi connectivity index (χ4v) is 3.63. The van der Waals surface area contributed by atoms with Crippen LogP contribution in [0.25, 0.3) is 10.9 Å². The molecule has 0 unspecified atom stereocenters. The minimum Gasteiger partial charge on any atom is -0.491 e. The number of aryl methyl sites for hydroxylation is 1. The van der Waals surface area contributed by atoms with Gasteiger partial charge in [0.15, 0.2) is 5.82 Å². The van der Waals surface area contributed by atoms with Crippen LogP contribution in [0.3, 0.4) is 0 Å². The molecule has 0 spiro atoms. The highest BCUT2D eigenvalue weighted by Crippen LogP contribution is 2.27. The van der Waals surface area contributed by atoms with E-state index in [0.717, 1.165) is 11.3 Å². The number of ether oxygens (including phenoxy) is 1. The molecule has 2 aromatic heterocycles. The van der Waals surface area contributed by atoms with Gasteiger partial charge in [0, 0.05) is 19.3 Å². The van der Waals surface area contributed by atoms with Crippen molar-refractivity contribution in [2.24, 2.45) is 7.05 Å². The first-order chi connectivity index (χ1) is 13.8. The van der Waals surface area contributed by atoms with E-state index in [1.165, 1.54) is 4.68 Å². The van der Waals surface area contributed by atoms with Crippen LogP contribution < -0.4 is 15.6 Å². The summed E-state index contributed by atoms with van der Waals surface area (Å²) in [6, 6.07) is 11.8. The lowest BCUT2D eigenvalue weighted by Gasteiger charge is -2.31. The molecule has 2 heterocycles. The molecule has 2 atom stereocenters. The van der Waals surface area contributed by atoms with Gasteiger partial charge in [0.2, 0.25) is 0 Å². The van der Waals surface area contributed by atoms with Crippen molar-refractivity contribution in [2.45, 2.75) is 39.0 Å². The van der Waals surface area contributed by atoms with Crippen molar-refractivity contribution in [1.82, 2.24) is 19.7 Å². The number of likely N-dealkylation sites (N-methyl/N-ethyl adjacent to an activating group) is 1. The van der Waals surface area contributed by atoms with Gasteiger partial charge in [0.25, 0.3) is 5.56 Å². The maximum Gasteiger partial charge on any atom is 0.276 e. The summed E-state index contributed by atoms with van der Waals surface area (Å²) in [5.41, 5.74) is 1.59. The fraction of sp³-hybridized carbons (Fsp3) is 0.409. The Bertz CT molecular complexity index is 1030. The van der Waals surface area contributed by atoms with Gasteiger partial charge in [0.05, 0.1) is 17.5 Å². The number of hydrogen-bond donors (Lipinski definition) is 1. The first-order valence-electron chi connectivity index (χ1n) is 9.79. The molecule has 0 saturated heterocycles. The summed E-state index contributed by atoms with van der Waals surface area (Å²) in [5.74, 6) is 1.46. The van der Waals surface area contributed by atoms with Crippen LogP contribution >= 0.6 is 0 Å². The second-order valence-corrected chi connectivity index (χ2v) is 7.75. The average Bonchev–Trinajstić information content (AvgIpc) is 2.67. The predicted molar refractivity (Wildman–Crippen MR) is 116 cm³/mol. The van der Waals surface area contributed by atoms with Gasteiger partial charge in [-0.1, -0.05) is 12.1 Å². The highest BCUT2D eigenvalue weighted by atomic mass is 16.5. The molecule has 0 amide bonds. The second kappa shape index (κ2) is 8.61. The molecule has 0 bridgehead atoms. The maximum absolute atomic E-state index is 12.4. The molecule has 1 aromatic carbocycles. The Morgan fingerprint density at radius 2 is 1.79 bits per heavy atom. The van der Waals surface area contributed by atoms with E-state index in [4.69, 9.17) is 4.74 Å². The summed E-state index contributed by atoms with van der Waals surface area (Å²) in [6.07, 6.45) is 1.82. The summed E-state index contributed by atoms with van der Waals surface area (Å²) >= 11 is 0. The molecule has 0 aliphatic rings. The normalized spacial score (nSPS) is 13.7. The number of nitrogens with one attached hydrogen (secondary N) is 1. The van der Waals surface area contributed by atoms with Crippen molar-refractivity contribution in [2.75, 3.05) is 19.4 Å². The van der Waals surface area contributed by atoms with Gasteiger partial charge >= 0.3 is 0 Å². The SMILES string of the molecule is CC(C)Oc1ccc([C@@H]([C@H](C)Nc2nn(C)c(=O)c3cccnc23)N(C)C)cc1. The average molecular weight is 396 g/mol. The van der Waals surface area contributed by atoms with Gasteiger partial charge in [-0.05, 0) is 64.7 Å². The number of hydrogen-bond acceptors (Lipinski definition) is 6. The molecule has 3 rings (SSSR count). The van der Waals surface area contributed by atoms with Crippen LogP contribution in [0.4, 0.5) is 5.82 Å². The lowest BCUT2D eigenvalue weighted by molar-refractivity contribution is 0.241. The van der Waals surface area contributed by atoms with Crippen molar-refractivity contribution < 1.29 is 4.74 Å². The maximum atomic E-state index is 12.4. The molecule has 0 fully saturated rings. The quantitative estimate of drug-likeness (QED) is 0.662. The van der Waals surface area contributed by atoms with Crippen molar-refractivity contribution in [1.29, 1.82) is 0 Å². The topological polar surface area (TPSA) is 72.3 Å². The molecular formula is C22H29N5O2. The van der Waals surface area contributed by atoms with E-state index in [1.807, 2.05) is 40.1 Å². The summed E-state index contributed by atoms with van der Waals surface area (Å²) in [4.78, 5) is 18.9. The minimum absolute atomic E-state index is 0.0112. The van der Waals surface area contributed by atoms with Crippen molar-refractivity contribution in [3.8, 4) is 5.75 Å². The predicted octanol–water partition coefficient (Wildman–Crippen LogP) is 3.22. The summed E-state index contributed by atoms with van der Waals surface area (Å²) in [6.45, 7) is 6.13. The zero-order chi connectivity index (χ0) is 21.1. The van der Waals surface area contributed by atoms with Crippen LogP contribution in [-0.2, 0) is 7.05 Å². The Morgan fingerprint density at radius 1 is 1.10 bits per heavy atom. The Morgan fingerprint density at radius 3 is 2.41 bits per heavy atom. The lowest BCUT2D eigenvalue weighted by atomic mass is 9.99. The molecule has 0 aliphatic carbocycles. The summed E-state index contributed by atoms with van der Waals surface area (Å²) in [7, 11) is 5.75. The molecular weight excluding hydrogens is 366 g/mol. The number of nitrogens with zero attached hydrogens (tertiary/aromatic N) is 4. The number of pyridine rings is 1. The molecule has 7 nitrogen and oxygen atoms in total. The molecule has 0 radical (unpaired) electrons. The molecule has 0 aliphatic heterocycles. The molecule has 7 heteroatoms. The third kappa shape index (κ3) is 4.56.